The van der Waals surface area contributed by atoms with Gasteiger partial charge in [0.2, 0.25) is 0 Å². The van der Waals surface area contributed by atoms with Crippen molar-refractivity contribution in [1.29, 1.82) is 0 Å². The zero-order chi connectivity index (χ0) is 14.8. The van der Waals surface area contributed by atoms with Crippen molar-refractivity contribution in [3.05, 3.63) is 0 Å². The minimum absolute atomic E-state index is 0.00000752. The van der Waals surface area contributed by atoms with Crippen molar-refractivity contribution in [2.75, 3.05) is 18.1 Å². The van der Waals surface area contributed by atoms with E-state index in [1.807, 2.05) is 11.8 Å². The lowest BCUT2D eigenvalue weighted by atomic mass is 9.76. The van der Waals surface area contributed by atoms with Gasteiger partial charge in [0.05, 0.1) is 5.60 Å². The van der Waals surface area contributed by atoms with Crippen LogP contribution in [0.5, 0.6) is 0 Å². The molecule has 2 rings (SSSR count). The molecule has 0 aromatic carbocycles. The van der Waals surface area contributed by atoms with Gasteiger partial charge >= 0.3 is 0 Å². The van der Waals surface area contributed by atoms with E-state index in [2.05, 4.69) is 20.8 Å². The number of thioether (sulfide) groups is 1. The van der Waals surface area contributed by atoms with Gasteiger partial charge < -0.3 is 10.5 Å². The van der Waals surface area contributed by atoms with Crippen LogP contribution < -0.4 is 5.73 Å². The van der Waals surface area contributed by atoms with E-state index < -0.39 is 0 Å². The summed E-state index contributed by atoms with van der Waals surface area (Å²) in [7, 11) is 0. The molecule has 0 amide bonds. The van der Waals surface area contributed by atoms with Crippen LogP contribution in [0.1, 0.15) is 52.9 Å². The van der Waals surface area contributed by atoms with Gasteiger partial charge in [-0.15, -0.1) is 0 Å². The molecule has 2 aliphatic heterocycles. The van der Waals surface area contributed by atoms with Crippen LogP contribution in [0.25, 0.3) is 0 Å². The summed E-state index contributed by atoms with van der Waals surface area (Å²) in [6.45, 7) is 7.06. The maximum atomic E-state index is 12.5. The Bertz CT molecular complexity index is 339. The minimum Gasteiger partial charge on any atom is -0.375 e. The number of hydrogen-bond donors (Lipinski definition) is 1. The van der Waals surface area contributed by atoms with Crippen LogP contribution in [0.3, 0.4) is 0 Å². The highest BCUT2D eigenvalue weighted by atomic mass is 32.2. The first kappa shape index (κ1) is 16.3. The lowest BCUT2D eigenvalue weighted by Gasteiger charge is -2.43. The summed E-state index contributed by atoms with van der Waals surface area (Å²) in [6.07, 6.45) is 4.52. The lowest BCUT2D eigenvalue weighted by molar-refractivity contribution is -0.139. The number of rotatable bonds is 3. The molecule has 0 aliphatic carbocycles. The molecule has 2 unspecified atom stereocenters. The van der Waals surface area contributed by atoms with Crippen molar-refractivity contribution in [2.24, 2.45) is 17.1 Å². The fraction of sp³-hybridized carbons (Fsp3) is 0.938. The molecule has 2 atom stereocenters. The predicted octanol–water partition coefficient (Wildman–Crippen LogP) is 3.01. The van der Waals surface area contributed by atoms with E-state index in [1.165, 1.54) is 11.5 Å². The highest BCUT2D eigenvalue weighted by Crippen LogP contribution is 2.40. The maximum absolute atomic E-state index is 12.5. The van der Waals surface area contributed by atoms with Crippen molar-refractivity contribution >= 4 is 17.5 Å². The number of ether oxygens (including phenoxy) is 1. The second-order valence-corrected chi connectivity index (χ2v) is 8.70. The van der Waals surface area contributed by atoms with Crippen molar-refractivity contribution in [3.8, 4) is 0 Å². The summed E-state index contributed by atoms with van der Waals surface area (Å²) in [4.78, 5) is 12.5. The summed E-state index contributed by atoms with van der Waals surface area (Å²) in [5.41, 5.74) is 6.17. The van der Waals surface area contributed by atoms with Crippen LogP contribution >= 0.6 is 11.8 Å². The number of Topliss-reactive ketones (excluding diaryl/α,β-unsaturated/α-hetero) is 1. The minimum atomic E-state index is -0.0456. The zero-order valence-corrected chi connectivity index (χ0v) is 13.9. The fourth-order valence-corrected chi connectivity index (χ4v) is 4.32. The Morgan fingerprint density at radius 2 is 2.05 bits per heavy atom. The average Bonchev–Trinajstić information content (AvgIpc) is 2.38. The van der Waals surface area contributed by atoms with Gasteiger partial charge in [0, 0.05) is 25.0 Å². The number of carbonyl (C=O) groups is 1. The van der Waals surface area contributed by atoms with Gasteiger partial charge in [0.15, 0.2) is 0 Å². The Balaban J connectivity index is 1.93. The van der Waals surface area contributed by atoms with Crippen molar-refractivity contribution in [3.63, 3.8) is 0 Å². The van der Waals surface area contributed by atoms with Gasteiger partial charge in [0.25, 0.3) is 0 Å². The molecule has 4 heteroatoms. The lowest BCUT2D eigenvalue weighted by Crippen LogP contribution is -2.46. The van der Waals surface area contributed by atoms with E-state index >= 15 is 0 Å². The molecule has 0 radical (unpaired) electrons. The highest BCUT2D eigenvalue weighted by Gasteiger charge is 2.41. The predicted molar refractivity (Wildman–Crippen MR) is 85.0 cm³/mol. The molecule has 116 valence electrons. The van der Waals surface area contributed by atoms with Gasteiger partial charge in [-0.2, -0.15) is 11.8 Å². The molecule has 3 nitrogen and oxygen atoms in total. The molecule has 2 heterocycles. The smallest absolute Gasteiger partial charge is 0.137 e. The van der Waals surface area contributed by atoms with E-state index in [-0.39, 0.29) is 23.0 Å². The fourth-order valence-electron chi connectivity index (χ4n) is 3.08. The Kier molecular flexibility index (Phi) is 5.19. The topological polar surface area (TPSA) is 52.3 Å². The van der Waals surface area contributed by atoms with Crippen molar-refractivity contribution < 1.29 is 9.53 Å². The van der Waals surface area contributed by atoms with Crippen molar-refractivity contribution in [1.82, 2.24) is 0 Å². The molecule has 0 aromatic heterocycles. The number of carbonyl (C=O) groups excluding carboxylic acids is 1. The van der Waals surface area contributed by atoms with Gasteiger partial charge in [-0.3, -0.25) is 4.79 Å². The number of hydrogen-bond acceptors (Lipinski definition) is 4. The Morgan fingerprint density at radius 1 is 1.40 bits per heavy atom. The number of nitrogens with two attached hydrogens (primary N) is 1. The summed E-state index contributed by atoms with van der Waals surface area (Å²) in [5.74, 6) is 2.86. The molecule has 1 spiro atoms. The third kappa shape index (κ3) is 3.99. The maximum Gasteiger partial charge on any atom is 0.137 e. The molecule has 2 saturated heterocycles. The quantitative estimate of drug-likeness (QED) is 0.870. The van der Waals surface area contributed by atoms with Crippen LogP contribution in [0.4, 0.5) is 0 Å². The van der Waals surface area contributed by atoms with Crippen molar-refractivity contribution in [2.45, 2.75) is 64.5 Å². The third-order valence-corrected chi connectivity index (χ3v) is 5.87. The molecule has 2 N–H and O–H groups in total. The Morgan fingerprint density at radius 3 is 2.65 bits per heavy atom. The van der Waals surface area contributed by atoms with Crippen LogP contribution in [-0.2, 0) is 9.53 Å². The van der Waals surface area contributed by atoms with E-state index in [0.717, 1.165) is 32.3 Å². The van der Waals surface area contributed by atoms with Gasteiger partial charge in [-0.1, -0.05) is 20.8 Å². The summed E-state index contributed by atoms with van der Waals surface area (Å²) < 4.78 is 6.06. The summed E-state index contributed by atoms with van der Waals surface area (Å²) in [6, 6.07) is -0.0456. The molecule has 2 aliphatic rings. The first-order valence-corrected chi connectivity index (χ1v) is 8.98. The van der Waals surface area contributed by atoms with Crippen LogP contribution in [-0.4, -0.2) is 35.5 Å². The van der Waals surface area contributed by atoms with Gasteiger partial charge in [-0.25, -0.2) is 0 Å². The highest BCUT2D eigenvalue weighted by molar-refractivity contribution is 7.99. The molecular formula is C16H29NO2S. The Hall–Kier alpha value is -0.0600. The third-order valence-electron chi connectivity index (χ3n) is 4.89. The van der Waals surface area contributed by atoms with Crippen LogP contribution in [0.15, 0.2) is 0 Å². The number of ketones is 1. The van der Waals surface area contributed by atoms with E-state index in [0.29, 0.717) is 12.2 Å². The standard InChI is InChI=1S/C16H29NO2S/c1-15(2,3)14(17)10-13(18)12-4-7-19-16(11-12)5-8-20-9-6-16/h12,14H,4-11,17H2,1-3H3. The van der Waals surface area contributed by atoms with Crippen LogP contribution in [0, 0.1) is 11.3 Å². The Labute approximate surface area is 127 Å². The first-order valence-electron chi connectivity index (χ1n) is 7.82. The van der Waals surface area contributed by atoms with E-state index in [1.54, 1.807) is 0 Å². The monoisotopic (exact) mass is 299 g/mol. The summed E-state index contributed by atoms with van der Waals surface area (Å²) >= 11 is 2.00. The largest absolute Gasteiger partial charge is 0.375 e. The zero-order valence-electron chi connectivity index (χ0n) is 13.1. The molecule has 0 saturated carbocycles. The van der Waals surface area contributed by atoms with Crippen LogP contribution in [0.2, 0.25) is 0 Å². The molecule has 2 fully saturated rings. The van der Waals surface area contributed by atoms with E-state index in [4.69, 9.17) is 10.5 Å². The molecule has 0 aromatic rings. The normalized spacial score (nSPS) is 28.3. The molecule has 0 bridgehead atoms. The molecule has 20 heavy (non-hydrogen) atoms. The molecular weight excluding hydrogens is 270 g/mol. The van der Waals surface area contributed by atoms with Gasteiger partial charge in [0.1, 0.15) is 5.78 Å². The second kappa shape index (κ2) is 6.37. The average molecular weight is 299 g/mol. The van der Waals surface area contributed by atoms with Gasteiger partial charge in [-0.05, 0) is 42.6 Å². The second-order valence-electron chi connectivity index (χ2n) is 7.48. The first-order chi connectivity index (χ1) is 9.32. The summed E-state index contributed by atoms with van der Waals surface area (Å²) in [5, 5.41) is 0. The van der Waals surface area contributed by atoms with E-state index in [9.17, 15) is 4.79 Å². The SMILES string of the molecule is CC(C)(C)C(N)CC(=O)C1CCOC2(CCSCC2)C1.